The molecule has 4 aliphatic rings. The molecular formula is C40H73NO12. The van der Waals surface area contributed by atoms with E-state index < -0.39 is 95.6 Å². The normalized spacial score (nSPS) is 49.9. The largest absolute Gasteiger partial charge is 0.459 e. The number of cyclic esters (lactones) is 1. The van der Waals surface area contributed by atoms with E-state index in [9.17, 15) is 30.3 Å². The number of methoxy groups -OCH3 is 1. The van der Waals surface area contributed by atoms with Crippen LogP contribution >= 0.6 is 0 Å². The van der Waals surface area contributed by atoms with Crippen LogP contribution in [0.5, 0.6) is 0 Å². The van der Waals surface area contributed by atoms with E-state index in [2.05, 4.69) is 4.90 Å². The molecule has 4 fully saturated rings. The highest BCUT2D eigenvalue weighted by atomic mass is 16.7. The van der Waals surface area contributed by atoms with Crippen molar-refractivity contribution in [1.82, 2.24) is 4.90 Å². The van der Waals surface area contributed by atoms with E-state index in [1.54, 1.807) is 41.7 Å². The van der Waals surface area contributed by atoms with E-state index in [0.717, 1.165) is 19.3 Å². The maximum Gasteiger partial charge on any atom is 0.311 e. The number of rotatable bonds is 8. The van der Waals surface area contributed by atoms with Crippen LogP contribution in [0.4, 0.5) is 0 Å². The molecule has 18 atom stereocenters. The van der Waals surface area contributed by atoms with E-state index in [4.69, 9.17) is 28.4 Å². The zero-order valence-electron chi connectivity index (χ0n) is 34.4. The predicted octanol–water partition coefficient (Wildman–Crippen LogP) is 3.53. The zero-order chi connectivity index (χ0) is 39.8. The number of likely N-dealkylation sites (N-methyl/N-ethyl adjacent to an activating group) is 1. The average molecular weight is 760 g/mol. The monoisotopic (exact) mass is 760 g/mol. The Morgan fingerprint density at radius 1 is 0.868 bits per heavy atom. The summed E-state index contributed by atoms with van der Waals surface area (Å²) in [7, 11) is 3.68. The number of esters is 1. The zero-order valence-corrected chi connectivity index (χ0v) is 34.4. The molecule has 310 valence electrons. The molecule has 0 spiro atoms. The number of nitrogens with zero attached hydrogens (tertiary/aromatic N) is 1. The maximum absolute atomic E-state index is 14.2. The minimum atomic E-state index is -1.90. The Kier molecular flexibility index (Phi) is 14.9. The summed E-state index contributed by atoms with van der Waals surface area (Å²) in [5.74, 6) is -3.84. The summed E-state index contributed by atoms with van der Waals surface area (Å²) in [5, 5.41) is 59.1. The van der Waals surface area contributed by atoms with Crippen LogP contribution in [0.3, 0.4) is 0 Å². The van der Waals surface area contributed by atoms with Gasteiger partial charge in [0.05, 0.1) is 53.7 Å². The molecule has 5 N–H and O–H groups in total. The summed E-state index contributed by atoms with van der Waals surface area (Å²) in [6, 6.07) is 0.129. The number of ether oxygens (including phenoxy) is 6. The number of carbonyl (C=O) groups is 1. The fraction of sp³-hybridized carbons (Fsp3) is 0.975. The molecule has 0 bridgehead atoms. The van der Waals surface area contributed by atoms with Crippen molar-refractivity contribution in [2.45, 2.75) is 211 Å². The third kappa shape index (κ3) is 9.95. The Morgan fingerprint density at radius 2 is 1.51 bits per heavy atom. The first-order valence-electron chi connectivity index (χ1n) is 20.1. The average Bonchev–Trinajstić information content (AvgIpc) is 3.05. The summed E-state index contributed by atoms with van der Waals surface area (Å²) in [6.07, 6.45) is -4.12. The predicted molar refractivity (Wildman–Crippen MR) is 198 cm³/mol. The van der Waals surface area contributed by atoms with Crippen LogP contribution in [0.15, 0.2) is 0 Å². The fourth-order valence-electron chi connectivity index (χ4n) is 9.60. The maximum atomic E-state index is 14.2. The lowest BCUT2D eigenvalue weighted by atomic mass is 9.73. The van der Waals surface area contributed by atoms with Crippen molar-refractivity contribution in [2.75, 3.05) is 14.2 Å². The smallest absolute Gasteiger partial charge is 0.311 e. The molecule has 0 aromatic rings. The molecule has 4 rings (SSSR count). The number of hydrogen-bond donors (Lipinski definition) is 5. The second-order valence-corrected chi connectivity index (χ2v) is 18.0. The van der Waals surface area contributed by atoms with Crippen molar-refractivity contribution in [1.29, 1.82) is 0 Å². The van der Waals surface area contributed by atoms with E-state index in [-0.39, 0.29) is 31.1 Å². The molecule has 0 radical (unpaired) electrons. The molecule has 1 saturated carbocycles. The second kappa shape index (κ2) is 17.7. The van der Waals surface area contributed by atoms with Crippen LogP contribution in [0, 0.1) is 23.7 Å². The van der Waals surface area contributed by atoms with Gasteiger partial charge >= 0.3 is 5.97 Å². The fourth-order valence-corrected chi connectivity index (χ4v) is 9.60. The first-order valence-corrected chi connectivity index (χ1v) is 20.1. The van der Waals surface area contributed by atoms with Gasteiger partial charge in [0.15, 0.2) is 12.6 Å². The van der Waals surface area contributed by atoms with Gasteiger partial charge in [0.25, 0.3) is 0 Å². The Bertz CT molecular complexity index is 1180. The van der Waals surface area contributed by atoms with Crippen molar-refractivity contribution in [3.8, 4) is 0 Å². The van der Waals surface area contributed by atoms with Gasteiger partial charge in [-0.05, 0) is 86.6 Å². The molecule has 0 aromatic carbocycles. The lowest BCUT2D eigenvalue weighted by molar-refractivity contribution is -0.312. The molecule has 53 heavy (non-hydrogen) atoms. The quantitative estimate of drug-likeness (QED) is 0.228. The highest BCUT2D eigenvalue weighted by molar-refractivity contribution is 5.73. The number of aliphatic hydroxyl groups is 5. The van der Waals surface area contributed by atoms with Crippen molar-refractivity contribution in [3.63, 3.8) is 0 Å². The molecule has 3 saturated heterocycles. The van der Waals surface area contributed by atoms with E-state index in [0.29, 0.717) is 25.3 Å². The van der Waals surface area contributed by atoms with Gasteiger partial charge in [-0.25, -0.2) is 0 Å². The highest BCUT2D eigenvalue weighted by Crippen LogP contribution is 2.41. The van der Waals surface area contributed by atoms with Crippen LogP contribution < -0.4 is 0 Å². The topological polar surface area (TPSA) is 177 Å². The summed E-state index contributed by atoms with van der Waals surface area (Å²) in [5.41, 5.74) is -4.14. The number of hydrogen-bond acceptors (Lipinski definition) is 13. The number of carbonyl (C=O) groups excluding carboxylic acids is 1. The molecule has 0 unspecified atom stereocenters. The Balaban J connectivity index is 1.79. The van der Waals surface area contributed by atoms with Crippen LogP contribution in [0.2, 0.25) is 0 Å². The molecule has 1 aliphatic carbocycles. The Hall–Kier alpha value is -0.970. The van der Waals surface area contributed by atoms with Gasteiger partial charge < -0.3 is 54.0 Å². The Labute approximate surface area is 318 Å². The number of aliphatic hydroxyl groups excluding tert-OH is 3. The van der Waals surface area contributed by atoms with Gasteiger partial charge in [0, 0.05) is 43.9 Å². The van der Waals surface area contributed by atoms with Crippen LogP contribution in [0.25, 0.3) is 0 Å². The summed E-state index contributed by atoms with van der Waals surface area (Å²) >= 11 is 0. The molecule has 13 heteroatoms. The highest BCUT2D eigenvalue weighted by Gasteiger charge is 2.53. The van der Waals surface area contributed by atoms with Crippen LogP contribution in [-0.4, -0.2) is 141 Å². The van der Waals surface area contributed by atoms with Gasteiger partial charge in [-0.3, -0.25) is 9.69 Å². The van der Waals surface area contributed by atoms with E-state index in [1.807, 2.05) is 34.7 Å². The summed E-state index contributed by atoms with van der Waals surface area (Å²) in [6.45, 7) is 17.6. The standard InChI is InChI=1S/C40H73NO12/c1-13-29-40(10,47)34(44)24(5)31(42)21(2)18-39(9,46)35(53-37-32(43)28(17-22(3)50-37)41(11)27-15-14-16-27)25(6)33(26(7)36(45)51-29)52-30-20-38(8,48-12)19-23(4)49-30/h21-35,37,42-44,46-47H,13-20H2,1-12H3/t21-,22-,23+,24+,25+,26-,28+,29-,30+,31+,32-,33+,34-,35-,37+,38+,39-,40-/m1/s1. The van der Waals surface area contributed by atoms with Crippen LogP contribution in [-0.2, 0) is 33.2 Å². The molecule has 3 aliphatic heterocycles. The van der Waals surface area contributed by atoms with Gasteiger partial charge in [-0.1, -0.05) is 34.1 Å². The Morgan fingerprint density at radius 3 is 2.08 bits per heavy atom. The molecule has 0 amide bonds. The first-order chi connectivity index (χ1) is 24.6. The first kappa shape index (κ1) is 44.7. The third-order valence-corrected chi connectivity index (χ3v) is 13.3. The van der Waals surface area contributed by atoms with E-state index in [1.165, 1.54) is 6.92 Å². The summed E-state index contributed by atoms with van der Waals surface area (Å²) < 4.78 is 38.0. The van der Waals surface area contributed by atoms with Crippen molar-refractivity contribution in [3.05, 3.63) is 0 Å². The van der Waals surface area contributed by atoms with Crippen molar-refractivity contribution < 1.29 is 58.7 Å². The van der Waals surface area contributed by atoms with Gasteiger partial charge in [0.2, 0.25) is 0 Å². The van der Waals surface area contributed by atoms with Crippen molar-refractivity contribution in [2.24, 2.45) is 23.7 Å². The van der Waals surface area contributed by atoms with E-state index >= 15 is 0 Å². The molecule has 13 nitrogen and oxygen atoms in total. The van der Waals surface area contributed by atoms with Gasteiger partial charge in [-0.2, -0.15) is 0 Å². The molecule has 3 heterocycles. The SMILES string of the molecule is CC[C@H]1OC(=O)[C@H](C)[C@@H](O[C@H]2C[C@@](C)(OC)C[C@H](C)O2)[C@H](C)[C@@H](O[C@@H]2O[C@H](C)C[C@H](N(C)C3CCC3)[C@H]2O)[C@](C)(O)C[C@@H](C)[C@H](O)[C@H](C)[C@@H](O)[C@]1(C)O. The molecular weight excluding hydrogens is 686 g/mol. The third-order valence-electron chi connectivity index (χ3n) is 13.3. The lowest BCUT2D eigenvalue weighted by Gasteiger charge is -2.50. The van der Waals surface area contributed by atoms with Crippen LogP contribution in [0.1, 0.15) is 121 Å². The molecule has 0 aromatic heterocycles. The van der Waals surface area contributed by atoms with Gasteiger partial charge in [-0.15, -0.1) is 0 Å². The van der Waals surface area contributed by atoms with Gasteiger partial charge in [0.1, 0.15) is 17.8 Å². The minimum Gasteiger partial charge on any atom is -0.459 e. The summed E-state index contributed by atoms with van der Waals surface area (Å²) in [4.78, 5) is 16.4. The second-order valence-electron chi connectivity index (χ2n) is 18.0. The minimum absolute atomic E-state index is 0.00755. The van der Waals surface area contributed by atoms with Crippen molar-refractivity contribution >= 4 is 5.97 Å². The lowest BCUT2D eigenvalue weighted by Crippen LogP contribution is -2.62.